The van der Waals surface area contributed by atoms with Crippen molar-refractivity contribution in [3.8, 4) is 0 Å². The topological polar surface area (TPSA) is 97.3 Å². The van der Waals surface area contributed by atoms with Crippen LogP contribution in [0.2, 0.25) is 0 Å². The molecule has 1 heterocycles. The summed E-state index contributed by atoms with van der Waals surface area (Å²) in [5.41, 5.74) is 0.273. The molecular weight excluding hydrogens is 364 g/mol. The summed E-state index contributed by atoms with van der Waals surface area (Å²) in [7, 11) is 0. The Morgan fingerprint density at radius 1 is 1.25 bits per heavy atom. The van der Waals surface area contributed by atoms with Crippen molar-refractivity contribution in [1.82, 2.24) is 10.2 Å². The molecular formula is C20H30N2O6. The first-order valence-corrected chi connectivity index (χ1v) is 9.46. The van der Waals surface area contributed by atoms with Gasteiger partial charge in [0, 0.05) is 13.1 Å². The van der Waals surface area contributed by atoms with Crippen molar-refractivity contribution in [2.75, 3.05) is 26.3 Å². The van der Waals surface area contributed by atoms with Gasteiger partial charge >= 0.3 is 12.2 Å². The van der Waals surface area contributed by atoms with Gasteiger partial charge in [0.15, 0.2) is 0 Å². The molecule has 156 valence electrons. The Hall–Kier alpha value is -2.32. The second kappa shape index (κ2) is 10.3. The smallest absolute Gasteiger partial charge is 0.410 e. The van der Waals surface area contributed by atoms with Crippen LogP contribution in [-0.2, 0) is 20.8 Å². The van der Waals surface area contributed by atoms with Gasteiger partial charge in [-0.3, -0.25) is 0 Å². The van der Waals surface area contributed by atoms with Crippen molar-refractivity contribution in [1.29, 1.82) is 0 Å². The lowest BCUT2D eigenvalue weighted by atomic mass is 10.0. The molecule has 0 spiro atoms. The number of carbonyl (C=O) groups is 2. The minimum Gasteiger partial charge on any atom is -0.445 e. The number of alkyl carbamates (subject to hydrolysis) is 1. The van der Waals surface area contributed by atoms with Crippen molar-refractivity contribution in [2.24, 2.45) is 0 Å². The number of nitrogens with one attached hydrogen (secondary N) is 1. The van der Waals surface area contributed by atoms with Gasteiger partial charge in [0.1, 0.15) is 12.2 Å². The van der Waals surface area contributed by atoms with Gasteiger partial charge in [0.05, 0.1) is 25.4 Å². The fourth-order valence-electron chi connectivity index (χ4n) is 2.91. The fourth-order valence-corrected chi connectivity index (χ4v) is 2.91. The molecule has 0 unspecified atom stereocenters. The summed E-state index contributed by atoms with van der Waals surface area (Å²) < 4.78 is 16.3. The van der Waals surface area contributed by atoms with Crippen LogP contribution in [0.1, 0.15) is 32.8 Å². The number of ether oxygens (including phenoxy) is 3. The van der Waals surface area contributed by atoms with Crippen LogP contribution in [0.3, 0.4) is 0 Å². The number of rotatable bonds is 6. The predicted octanol–water partition coefficient (Wildman–Crippen LogP) is 2.30. The van der Waals surface area contributed by atoms with Gasteiger partial charge in [-0.15, -0.1) is 0 Å². The molecule has 2 N–H and O–H groups in total. The summed E-state index contributed by atoms with van der Waals surface area (Å²) in [4.78, 5) is 26.1. The van der Waals surface area contributed by atoms with Crippen LogP contribution in [0.25, 0.3) is 0 Å². The number of aliphatic hydroxyl groups is 1. The summed E-state index contributed by atoms with van der Waals surface area (Å²) in [6.45, 7) is 6.25. The summed E-state index contributed by atoms with van der Waals surface area (Å²) in [6, 6.07) is 8.97. The maximum atomic E-state index is 12.4. The predicted molar refractivity (Wildman–Crippen MR) is 103 cm³/mol. The molecule has 1 fully saturated rings. The monoisotopic (exact) mass is 394 g/mol. The van der Waals surface area contributed by atoms with E-state index in [1.165, 1.54) is 0 Å². The largest absolute Gasteiger partial charge is 0.445 e. The molecule has 0 radical (unpaired) electrons. The summed E-state index contributed by atoms with van der Waals surface area (Å²) in [5, 5.41) is 11.8. The first-order chi connectivity index (χ1) is 13.3. The van der Waals surface area contributed by atoms with Crippen LogP contribution in [-0.4, -0.2) is 66.2 Å². The molecule has 0 saturated carbocycles. The molecule has 2 rings (SSSR count). The molecule has 1 aromatic rings. The minimum atomic E-state index is -0.630. The first kappa shape index (κ1) is 22.0. The Balaban J connectivity index is 1.94. The van der Waals surface area contributed by atoms with E-state index in [2.05, 4.69) is 5.32 Å². The van der Waals surface area contributed by atoms with E-state index in [4.69, 9.17) is 19.3 Å². The van der Waals surface area contributed by atoms with Crippen molar-refractivity contribution >= 4 is 12.2 Å². The molecule has 0 aliphatic carbocycles. The van der Waals surface area contributed by atoms with E-state index in [-0.39, 0.29) is 32.5 Å². The van der Waals surface area contributed by atoms with Gasteiger partial charge in [-0.1, -0.05) is 30.3 Å². The van der Waals surface area contributed by atoms with Gasteiger partial charge in [-0.05, 0) is 32.8 Å². The van der Waals surface area contributed by atoms with E-state index in [9.17, 15) is 9.59 Å². The second-order valence-electron chi connectivity index (χ2n) is 7.66. The number of aliphatic hydroxyl groups excluding tert-OH is 1. The molecule has 8 nitrogen and oxygen atoms in total. The number of hydrogen-bond acceptors (Lipinski definition) is 6. The number of carbonyl (C=O) groups excluding carboxylic acids is 2. The van der Waals surface area contributed by atoms with Crippen LogP contribution in [0.15, 0.2) is 30.3 Å². The maximum absolute atomic E-state index is 12.4. The van der Waals surface area contributed by atoms with Gasteiger partial charge in [-0.25, -0.2) is 9.59 Å². The van der Waals surface area contributed by atoms with Gasteiger partial charge < -0.3 is 29.5 Å². The lowest BCUT2D eigenvalue weighted by Gasteiger charge is -2.38. The zero-order valence-electron chi connectivity index (χ0n) is 16.7. The fraction of sp³-hybridized carbons (Fsp3) is 0.600. The lowest BCUT2D eigenvalue weighted by Crippen LogP contribution is -2.57. The molecule has 2 amide bonds. The normalized spacial score (nSPS) is 19.8. The minimum absolute atomic E-state index is 0.113. The highest BCUT2D eigenvalue weighted by molar-refractivity contribution is 5.70. The Labute approximate surface area is 165 Å². The van der Waals surface area contributed by atoms with Crippen LogP contribution >= 0.6 is 0 Å². The third kappa shape index (κ3) is 7.36. The molecule has 2 atom stereocenters. The quantitative estimate of drug-likeness (QED) is 0.768. The third-order valence-corrected chi connectivity index (χ3v) is 4.14. The number of nitrogens with zero attached hydrogens (tertiary/aromatic N) is 1. The molecule has 28 heavy (non-hydrogen) atoms. The van der Waals surface area contributed by atoms with E-state index in [1.54, 1.807) is 25.7 Å². The van der Waals surface area contributed by atoms with E-state index >= 15 is 0 Å². The van der Waals surface area contributed by atoms with Crippen molar-refractivity contribution in [3.05, 3.63) is 35.9 Å². The van der Waals surface area contributed by atoms with E-state index in [0.717, 1.165) is 5.56 Å². The standard InChI is InChI=1S/C20H30N2O6/c1-20(2,3)28-18(24)21-16-13-22(10-9-17(16)26-12-11-23)19(25)27-14-15-7-5-4-6-8-15/h4-8,16-17,23H,9-14H2,1-3H3,(H,21,24)/t16-,17-/m0/s1. The van der Waals surface area contributed by atoms with E-state index in [1.807, 2.05) is 30.3 Å². The zero-order valence-corrected chi connectivity index (χ0v) is 16.7. The first-order valence-electron chi connectivity index (χ1n) is 9.46. The summed E-state index contributed by atoms with van der Waals surface area (Å²) in [5.74, 6) is 0. The zero-order chi connectivity index (χ0) is 20.6. The molecule has 0 aromatic heterocycles. The maximum Gasteiger partial charge on any atom is 0.410 e. The molecule has 1 aliphatic rings. The lowest BCUT2D eigenvalue weighted by molar-refractivity contribution is -0.0315. The second-order valence-corrected chi connectivity index (χ2v) is 7.66. The van der Waals surface area contributed by atoms with Gasteiger partial charge in [0.25, 0.3) is 0 Å². The van der Waals surface area contributed by atoms with Crippen molar-refractivity contribution in [2.45, 2.75) is 51.5 Å². The van der Waals surface area contributed by atoms with Crippen molar-refractivity contribution < 1.29 is 28.9 Å². The van der Waals surface area contributed by atoms with Crippen LogP contribution in [0.5, 0.6) is 0 Å². The number of amides is 2. The molecule has 1 aromatic carbocycles. The highest BCUT2D eigenvalue weighted by Crippen LogP contribution is 2.17. The van der Waals surface area contributed by atoms with Gasteiger partial charge in [-0.2, -0.15) is 0 Å². The van der Waals surface area contributed by atoms with Crippen LogP contribution in [0.4, 0.5) is 9.59 Å². The Bertz CT molecular complexity index is 631. The highest BCUT2D eigenvalue weighted by atomic mass is 16.6. The molecule has 1 saturated heterocycles. The summed E-state index contributed by atoms with van der Waals surface area (Å²) in [6.07, 6.45) is -0.825. The highest BCUT2D eigenvalue weighted by Gasteiger charge is 2.34. The average Bonchev–Trinajstić information content (AvgIpc) is 2.64. The Kier molecular flexibility index (Phi) is 8.07. The summed E-state index contributed by atoms with van der Waals surface area (Å²) >= 11 is 0. The van der Waals surface area contributed by atoms with Crippen LogP contribution in [0, 0.1) is 0 Å². The number of likely N-dealkylation sites (tertiary alicyclic amines) is 1. The van der Waals surface area contributed by atoms with E-state index in [0.29, 0.717) is 13.0 Å². The SMILES string of the molecule is CC(C)(C)OC(=O)N[C@H]1CN(C(=O)OCc2ccccc2)CC[C@@H]1OCCO. The number of benzene rings is 1. The number of hydrogen-bond donors (Lipinski definition) is 2. The Morgan fingerprint density at radius 2 is 1.96 bits per heavy atom. The molecule has 8 heteroatoms. The Morgan fingerprint density at radius 3 is 2.61 bits per heavy atom. The van der Waals surface area contributed by atoms with Gasteiger partial charge in [0.2, 0.25) is 0 Å². The average molecular weight is 394 g/mol. The van der Waals surface area contributed by atoms with E-state index < -0.39 is 23.8 Å². The van der Waals surface area contributed by atoms with Crippen LogP contribution < -0.4 is 5.32 Å². The molecule has 0 bridgehead atoms. The number of piperidine rings is 1. The third-order valence-electron chi connectivity index (χ3n) is 4.14. The van der Waals surface area contributed by atoms with Crippen molar-refractivity contribution in [3.63, 3.8) is 0 Å². The molecule has 1 aliphatic heterocycles.